The van der Waals surface area contributed by atoms with Gasteiger partial charge in [0.25, 0.3) is 5.91 Å². The minimum Gasteiger partial charge on any atom is -0.494 e. The molecule has 178 valence electrons. The smallest absolute Gasteiger partial charge is 0.328 e. The van der Waals surface area contributed by atoms with Crippen molar-refractivity contribution in [2.24, 2.45) is 0 Å². The molecule has 0 aliphatic carbocycles. The first-order valence-electron chi connectivity index (χ1n) is 10.5. The first-order chi connectivity index (χ1) is 16.4. The Hall–Kier alpha value is -3.27. The van der Waals surface area contributed by atoms with Gasteiger partial charge in [0.2, 0.25) is 0 Å². The Balaban J connectivity index is 1.62. The molecule has 3 amide bonds. The van der Waals surface area contributed by atoms with Gasteiger partial charge in [0.05, 0.1) is 13.2 Å². The van der Waals surface area contributed by atoms with Crippen molar-refractivity contribution in [1.29, 1.82) is 0 Å². The summed E-state index contributed by atoms with van der Waals surface area (Å²) in [5.74, 6) is -1.94. The number of hydrogen-bond acceptors (Lipinski definition) is 5. The van der Waals surface area contributed by atoms with Crippen molar-refractivity contribution in [2.75, 3.05) is 31.0 Å². The molecule has 1 aliphatic rings. The third-order valence-electron chi connectivity index (χ3n) is 5.29. The van der Waals surface area contributed by atoms with E-state index >= 15 is 0 Å². The number of carbonyl (C=O) groups excluding carboxylic acids is 3. The fourth-order valence-electron chi connectivity index (χ4n) is 3.74. The van der Waals surface area contributed by atoms with Gasteiger partial charge in [0.1, 0.15) is 17.0 Å². The Morgan fingerprint density at radius 2 is 1.88 bits per heavy atom. The van der Waals surface area contributed by atoms with Crippen LogP contribution in [-0.4, -0.2) is 48.8 Å². The van der Waals surface area contributed by atoms with Gasteiger partial charge >= 0.3 is 11.8 Å². The summed E-state index contributed by atoms with van der Waals surface area (Å²) < 4.78 is 12.1. The van der Waals surface area contributed by atoms with E-state index in [1.54, 1.807) is 24.3 Å². The number of para-hydroxylation sites is 1. The number of nitrogens with one attached hydrogen (secondary N) is 3. The fraction of sp³-hybridized carbons (Fsp3) is 0.261. The quantitative estimate of drug-likeness (QED) is 0.444. The minimum absolute atomic E-state index is 0.0656. The second kappa shape index (κ2) is 10.3. The van der Waals surface area contributed by atoms with Crippen molar-refractivity contribution in [3.8, 4) is 5.75 Å². The molecule has 3 N–H and O–H groups in total. The molecule has 1 aromatic heterocycles. The van der Waals surface area contributed by atoms with Crippen molar-refractivity contribution in [2.45, 2.75) is 18.9 Å². The molecule has 34 heavy (non-hydrogen) atoms. The summed E-state index contributed by atoms with van der Waals surface area (Å²) >= 11 is 12.1. The lowest BCUT2D eigenvalue weighted by Crippen LogP contribution is -2.42. The first kappa shape index (κ1) is 23.9. The number of benzene rings is 2. The van der Waals surface area contributed by atoms with Crippen LogP contribution in [0, 0.1) is 0 Å². The summed E-state index contributed by atoms with van der Waals surface area (Å²) in [6.07, 6.45) is 1.62. The van der Waals surface area contributed by atoms with Gasteiger partial charge in [-0.3, -0.25) is 19.8 Å². The lowest BCUT2D eigenvalue weighted by molar-refractivity contribution is -0.136. The van der Waals surface area contributed by atoms with Crippen LogP contribution in [0.4, 0.5) is 5.69 Å². The monoisotopic (exact) mass is 504 g/mol. The van der Waals surface area contributed by atoms with E-state index in [1.807, 2.05) is 0 Å². The van der Waals surface area contributed by atoms with E-state index in [0.29, 0.717) is 39.0 Å². The fourth-order valence-corrected chi connectivity index (χ4v) is 4.27. The Labute approximate surface area is 205 Å². The van der Waals surface area contributed by atoms with Crippen molar-refractivity contribution in [3.05, 3.63) is 58.2 Å². The lowest BCUT2D eigenvalue weighted by Gasteiger charge is -2.15. The van der Waals surface area contributed by atoms with Gasteiger partial charge in [0, 0.05) is 34.3 Å². The molecule has 9 nitrogen and oxygen atoms in total. The molecule has 0 spiro atoms. The number of amides is 3. The molecule has 1 aliphatic heterocycles. The number of carbonyl (C=O) groups is 3. The maximum atomic E-state index is 13.2. The van der Waals surface area contributed by atoms with Crippen molar-refractivity contribution < 1.29 is 23.9 Å². The van der Waals surface area contributed by atoms with Crippen LogP contribution in [0.3, 0.4) is 0 Å². The van der Waals surface area contributed by atoms with E-state index in [1.165, 1.54) is 30.0 Å². The number of methoxy groups -OCH3 is 1. The van der Waals surface area contributed by atoms with Crippen LogP contribution < -0.4 is 20.8 Å². The van der Waals surface area contributed by atoms with Gasteiger partial charge in [-0.25, -0.2) is 4.68 Å². The standard InChI is InChI=1S/C23H22Cl2N4O5/c1-33-19-6-2-4-13-8-18(21(30)27-16-10-14(24)9-15(25)11-16)29(20(13)19)28-23(32)22(31)26-12-17-5-3-7-34-17/h2,4,6,8-11,17H,3,5,7,12H2,1H3,(H,26,31)(H,27,30)(H,28,32)/t17-/m1/s1. The van der Waals surface area contributed by atoms with Gasteiger partial charge < -0.3 is 20.1 Å². The average molecular weight is 505 g/mol. The summed E-state index contributed by atoms with van der Waals surface area (Å²) in [6, 6.07) is 11.4. The third-order valence-corrected chi connectivity index (χ3v) is 5.73. The van der Waals surface area contributed by atoms with E-state index in [9.17, 15) is 14.4 Å². The maximum Gasteiger partial charge on any atom is 0.328 e. The summed E-state index contributed by atoms with van der Waals surface area (Å²) in [6.45, 7) is 0.864. The van der Waals surface area contributed by atoms with Crippen LogP contribution in [0.25, 0.3) is 10.9 Å². The molecule has 0 unspecified atom stereocenters. The maximum absolute atomic E-state index is 13.2. The number of rotatable bonds is 6. The van der Waals surface area contributed by atoms with Crippen LogP contribution in [0.15, 0.2) is 42.5 Å². The van der Waals surface area contributed by atoms with Crippen molar-refractivity contribution >= 4 is 57.5 Å². The molecule has 0 radical (unpaired) electrons. The Kier molecular flexibility index (Phi) is 7.26. The summed E-state index contributed by atoms with van der Waals surface area (Å²) in [4.78, 5) is 38.2. The topological polar surface area (TPSA) is 111 Å². The average Bonchev–Trinajstić information content (AvgIpc) is 3.44. The van der Waals surface area contributed by atoms with Crippen LogP contribution >= 0.6 is 23.2 Å². The number of anilines is 1. The molecule has 1 fully saturated rings. The first-order valence-corrected chi connectivity index (χ1v) is 11.3. The highest BCUT2D eigenvalue weighted by molar-refractivity contribution is 6.38. The van der Waals surface area contributed by atoms with E-state index in [4.69, 9.17) is 32.7 Å². The van der Waals surface area contributed by atoms with E-state index in [2.05, 4.69) is 16.1 Å². The molecule has 1 atom stereocenters. The molecular formula is C23H22Cl2N4O5. The predicted octanol–water partition coefficient (Wildman–Crippen LogP) is 3.57. The Morgan fingerprint density at radius 1 is 1.12 bits per heavy atom. The van der Waals surface area contributed by atoms with Crippen LogP contribution in [0.2, 0.25) is 10.0 Å². The third kappa shape index (κ3) is 5.27. The highest BCUT2D eigenvalue weighted by atomic mass is 35.5. The zero-order chi connectivity index (χ0) is 24.2. The summed E-state index contributed by atoms with van der Waals surface area (Å²) in [7, 11) is 1.47. The Bertz CT molecular complexity index is 1230. The van der Waals surface area contributed by atoms with E-state index in [0.717, 1.165) is 12.8 Å². The van der Waals surface area contributed by atoms with Gasteiger partial charge in [-0.15, -0.1) is 0 Å². The Morgan fingerprint density at radius 3 is 2.56 bits per heavy atom. The molecule has 2 heterocycles. The van der Waals surface area contributed by atoms with E-state index in [-0.39, 0.29) is 18.3 Å². The van der Waals surface area contributed by atoms with Crippen LogP contribution in [0.5, 0.6) is 5.75 Å². The lowest BCUT2D eigenvalue weighted by atomic mass is 10.2. The largest absolute Gasteiger partial charge is 0.494 e. The second-order valence-corrected chi connectivity index (χ2v) is 8.53. The zero-order valence-corrected chi connectivity index (χ0v) is 19.7. The highest BCUT2D eigenvalue weighted by Crippen LogP contribution is 2.29. The molecule has 11 heteroatoms. The molecule has 4 rings (SSSR count). The van der Waals surface area contributed by atoms with Crippen LogP contribution in [-0.2, 0) is 14.3 Å². The van der Waals surface area contributed by atoms with E-state index < -0.39 is 17.7 Å². The van der Waals surface area contributed by atoms with Crippen molar-refractivity contribution in [3.63, 3.8) is 0 Å². The number of aromatic nitrogens is 1. The predicted molar refractivity (Wildman–Crippen MR) is 129 cm³/mol. The molecule has 2 aromatic carbocycles. The second-order valence-electron chi connectivity index (χ2n) is 7.66. The molecule has 0 bridgehead atoms. The molecule has 3 aromatic rings. The van der Waals surface area contributed by atoms with Gasteiger partial charge in [-0.2, -0.15) is 0 Å². The number of hydrogen-bond donors (Lipinski definition) is 3. The number of halogens is 2. The zero-order valence-electron chi connectivity index (χ0n) is 18.2. The highest BCUT2D eigenvalue weighted by Gasteiger charge is 2.24. The van der Waals surface area contributed by atoms with Crippen LogP contribution in [0.1, 0.15) is 23.3 Å². The summed E-state index contributed by atoms with van der Waals surface area (Å²) in [5.41, 5.74) is 3.35. The van der Waals surface area contributed by atoms with Crippen molar-refractivity contribution in [1.82, 2.24) is 9.99 Å². The van der Waals surface area contributed by atoms with Gasteiger partial charge in [-0.1, -0.05) is 35.3 Å². The molecular weight excluding hydrogens is 483 g/mol. The number of fused-ring (bicyclic) bond motifs is 1. The molecule has 0 saturated carbocycles. The van der Waals surface area contributed by atoms with Gasteiger partial charge in [0.15, 0.2) is 0 Å². The van der Waals surface area contributed by atoms with Gasteiger partial charge in [-0.05, 0) is 43.2 Å². The number of ether oxygens (including phenoxy) is 2. The normalized spacial score (nSPS) is 15.2. The number of nitrogens with zero attached hydrogens (tertiary/aromatic N) is 1. The minimum atomic E-state index is -0.943. The SMILES string of the molecule is COc1cccc2cc(C(=O)Nc3cc(Cl)cc(Cl)c3)n(NC(=O)C(=O)NC[C@H]3CCCO3)c12. The molecule has 1 saturated heterocycles. The summed E-state index contributed by atoms with van der Waals surface area (Å²) in [5, 5.41) is 6.59.